The maximum Gasteiger partial charge on any atom is 0.112 e. The molecule has 1 aliphatic rings. The van der Waals surface area contributed by atoms with E-state index in [4.69, 9.17) is 5.73 Å². The number of nitrogens with two attached hydrogens (primary N) is 1. The minimum atomic E-state index is 0.0711. The van der Waals surface area contributed by atoms with Crippen molar-refractivity contribution in [3.63, 3.8) is 0 Å². The summed E-state index contributed by atoms with van der Waals surface area (Å²) >= 11 is 0. The fraction of sp³-hybridized carbons (Fsp3) is 0.312. The van der Waals surface area contributed by atoms with E-state index < -0.39 is 0 Å². The van der Waals surface area contributed by atoms with Crippen molar-refractivity contribution >= 4 is 16.7 Å². The normalized spacial score (nSPS) is 21.6. The van der Waals surface area contributed by atoms with Gasteiger partial charge in [-0.2, -0.15) is 0 Å². The van der Waals surface area contributed by atoms with Gasteiger partial charge in [0.15, 0.2) is 0 Å². The summed E-state index contributed by atoms with van der Waals surface area (Å²) in [6.07, 6.45) is 7.52. The van der Waals surface area contributed by atoms with Crippen LogP contribution in [0.4, 0.5) is 5.69 Å². The van der Waals surface area contributed by atoms with Crippen LogP contribution in [-0.4, -0.2) is 38.7 Å². The van der Waals surface area contributed by atoms with Crippen LogP contribution in [-0.2, 0) is 7.05 Å². The van der Waals surface area contributed by atoms with Crippen LogP contribution in [0.15, 0.2) is 43.1 Å². The Morgan fingerprint density at radius 3 is 2.86 bits per heavy atom. The standard InChI is InChI=1S/C16H18N6/c1-21-9-14(20-10-21)11-7-22(8-12(11)17)15-4-6-18-13-3-2-5-19-16(13)15/h2-6,9-12H,7-8,17H2,1H3/t11-,12-/m1/s1. The largest absolute Gasteiger partial charge is 0.367 e. The highest BCUT2D eigenvalue weighted by molar-refractivity contribution is 5.87. The smallest absolute Gasteiger partial charge is 0.112 e. The first-order chi connectivity index (χ1) is 10.7. The van der Waals surface area contributed by atoms with Crippen LogP contribution in [0.2, 0.25) is 0 Å². The quantitative estimate of drug-likeness (QED) is 0.771. The maximum atomic E-state index is 6.37. The zero-order valence-electron chi connectivity index (χ0n) is 12.4. The Morgan fingerprint density at radius 2 is 2.05 bits per heavy atom. The number of fused-ring (bicyclic) bond motifs is 1. The summed E-state index contributed by atoms with van der Waals surface area (Å²) in [4.78, 5) is 15.6. The molecule has 0 aromatic carbocycles. The van der Waals surface area contributed by atoms with E-state index in [9.17, 15) is 0 Å². The molecule has 4 rings (SSSR count). The van der Waals surface area contributed by atoms with Gasteiger partial charge in [-0.15, -0.1) is 0 Å². The molecule has 3 aromatic heterocycles. The zero-order chi connectivity index (χ0) is 15.1. The summed E-state index contributed by atoms with van der Waals surface area (Å²) in [5.74, 6) is 0.244. The fourth-order valence-corrected chi connectivity index (χ4v) is 3.18. The summed E-state index contributed by atoms with van der Waals surface area (Å²) in [6, 6.07) is 5.98. The number of pyridine rings is 2. The molecule has 0 aliphatic carbocycles. The molecule has 6 heteroatoms. The van der Waals surface area contributed by atoms with E-state index in [2.05, 4.69) is 26.0 Å². The maximum absolute atomic E-state index is 6.37. The van der Waals surface area contributed by atoms with E-state index in [1.807, 2.05) is 42.3 Å². The van der Waals surface area contributed by atoms with E-state index in [-0.39, 0.29) is 12.0 Å². The molecule has 1 aliphatic heterocycles. The predicted octanol–water partition coefficient (Wildman–Crippen LogP) is 1.29. The lowest BCUT2D eigenvalue weighted by Crippen LogP contribution is -2.29. The molecule has 0 spiro atoms. The molecule has 6 nitrogen and oxygen atoms in total. The molecule has 112 valence electrons. The molecule has 1 saturated heterocycles. The number of aryl methyl sites for hydroxylation is 1. The Hall–Kier alpha value is -2.47. The van der Waals surface area contributed by atoms with Crippen molar-refractivity contribution in [2.75, 3.05) is 18.0 Å². The summed E-state index contributed by atoms with van der Waals surface area (Å²) < 4.78 is 1.97. The highest BCUT2D eigenvalue weighted by Gasteiger charge is 2.33. The number of hydrogen-bond donors (Lipinski definition) is 1. The molecule has 0 unspecified atom stereocenters. The highest BCUT2D eigenvalue weighted by Crippen LogP contribution is 2.32. The molecule has 0 radical (unpaired) electrons. The molecule has 3 aromatic rings. The molecular weight excluding hydrogens is 276 g/mol. The van der Waals surface area contributed by atoms with E-state index in [1.165, 1.54) is 0 Å². The lowest BCUT2D eigenvalue weighted by Gasteiger charge is -2.19. The van der Waals surface area contributed by atoms with Gasteiger partial charge in [0, 0.05) is 50.7 Å². The molecule has 4 heterocycles. The second-order valence-electron chi connectivity index (χ2n) is 5.84. The Labute approximate surface area is 128 Å². The van der Waals surface area contributed by atoms with Gasteiger partial charge >= 0.3 is 0 Å². The van der Waals surface area contributed by atoms with Crippen molar-refractivity contribution in [1.82, 2.24) is 19.5 Å². The van der Waals surface area contributed by atoms with Crippen LogP contribution in [0.5, 0.6) is 0 Å². The van der Waals surface area contributed by atoms with Crippen LogP contribution in [0.1, 0.15) is 11.6 Å². The molecule has 2 N–H and O–H groups in total. The van der Waals surface area contributed by atoms with E-state index >= 15 is 0 Å². The second kappa shape index (κ2) is 5.06. The monoisotopic (exact) mass is 294 g/mol. The molecular formula is C16H18N6. The molecule has 0 saturated carbocycles. The first kappa shape index (κ1) is 13.2. The van der Waals surface area contributed by atoms with Crippen LogP contribution < -0.4 is 10.6 Å². The predicted molar refractivity (Wildman–Crippen MR) is 85.7 cm³/mol. The van der Waals surface area contributed by atoms with Crippen molar-refractivity contribution in [3.8, 4) is 0 Å². The van der Waals surface area contributed by atoms with Crippen molar-refractivity contribution < 1.29 is 0 Å². The minimum Gasteiger partial charge on any atom is -0.367 e. The molecule has 0 bridgehead atoms. The summed E-state index contributed by atoms with van der Waals surface area (Å²) in [6.45, 7) is 1.66. The molecule has 2 atom stereocenters. The van der Waals surface area contributed by atoms with Crippen LogP contribution >= 0.6 is 0 Å². The van der Waals surface area contributed by atoms with Gasteiger partial charge in [-0.1, -0.05) is 0 Å². The molecule has 22 heavy (non-hydrogen) atoms. The van der Waals surface area contributed by atoms with Crippen molar-refractivity contribution in [2.24, 2.45) is 12.8 Å². The minimum absolute atomic E-state index is 0.0711. The summed E-state index contributed by atoms with van der Waals surface area (Å²) in [5, 5.41) is 0. The SMILES string of the molecule is Cn1cnc([C@@H]2CN(c3ccnc4cccnc34)C[C@H]2N)c1. The molecule has 0 amide bonds. The average Bonchev–Trinajstić information content (AvgIpc) is 3.12. The van der Waals surface area contributed by atoms with E-state index in [0.29, 0.717) is 0 Å². The lowest BCUT2D eigenvalue weighted by molar-refractivity contribution is 0.639. The molecule has 1 fully saturated rings. The fourth-order valence-electron chi connectivity index (χ4n) is 3.18. The summed E-state index contributed by atoms with van der Waals surface area (Å²) in [5.41, 5.74) is 10.4. The third-order valence-corrected chi connectivity index (χ3v) is 4.29. The highest BCUT2D eigenvalue weighted by atomic mass is 15.2. The van der Waals surface area contributed by atoms with Crippen molar-refractivity contribution in [3.05, 3.63) is 48.8 Å². The first-order valence-electron chi connectivity index (χ1n) is 7.40. The van der Waals surface area contributed by atoms with Crippen LogP contribution in [0.25, 0.3) is 11.0 Å². The number of anilines is 1. The number of imidazole rings is 1. The number of aromatic nitrogens is 4. The second-order valence-corrected chi connectivity index (χ2v) is 5.84. The Kier molecular flexibility index (Phi) is 3.04. The van der Waals surface area contributed by atoms with Gasteiger partial charge in [-0.05, 0) is 18.2 Å². The lowest BCUT2D eigenvalue weighted by atomic mass is 10.0. The number of rotatable bonds is 2. The third-order valence-electron chi connectivity index (χ3n) is 4.29. The van der Waals surface area contributed by atoms with Crippen molar-refractivity contribution in [2.45, 2.75) is 12.0 Å². The first-order valence-corrected chi connectivity index (χ1v) is 7.40. The van der Waals surface area contributed by atoms with Gasteiger partial charge in [0.25, 0.3) is 0 Å². The van der Waals surface area contributed by atoms with Crippen LogP contribution in [0.3, 0.4) is 0 Å². The van der Waals surface area contributed by atoms with E-state index in [0.717, 1.165) is 35.5 Å². The van der Waals surface area contributed by atoms with Gasteiger partial charge < -0.3 is 15.2 Å². The van der Waals surface area contributed by atoms with Gasteiger partial charge in [0.2, 0.25) is 0 Å². The van der Waals surface area contributed by atoms with Gasteiger partial charge in [0.05, 0.1) is 23.2 Å². The third kappa shape index (κ3) is 2.12. The topological polar surface area (TPSA) is 72.9 Å². The van der Waals surface area contributed by atoms with Gasteiger partial charge in [-0.3, -0.25) is 9.97 Å². The van der Waals surface area contributed by atoms with Gasteiger partial charge in [0.1, 0.15) is 5.52 Å². The van der Waals surface area contributed by atoms with E-state index in [1.54, 1.807) is 6.20 Å². The summed E-state index contributed by atoms with van der Waals surface area (Å²) in [7, 11) is 1.98. The Bertz CT molecular complexity index is 806. The zero-order valence-corrected chi connectivity index (χ0v) is 12.4. The Morgan fingerprint density at radius 1 is 1.14 bits per heavy atom. The number of hydrogen-bond acceptors (Lipinski definition) is 5. The van der Waals surface area contributed by atoms with Crippen molar-refractivity contribution in [1.29, 1.82) is 0 Å². The van der Waals surface area contributed by atoms with Crippen LogP contribution in [0, 0.1) is 0 Å². The average molecular weight is 294 g/mol. The van der Waals surface area contributed by atoms with Gasteiger partial charge in [-0.25, -0.2) is 4.98 Å². The number of nitrogens with zero attached hydrogens (tertiary/aromatic N) is 5. The Balaban J connectivity index is 1.69.